The SMILES string of the molecule is O=S1(=O)CCC(S(=O)(=O)N2CCC(CO)CC2)C1. The van der Waals surface area contributed by atoms with Crippen LogP contribution in [0.25, 0.3) is 0 Å². The van der Waals surface area contributed by atoms with Crippen LogP contribution >= 0.6 is 0 Å². The topological polar surface area (TPSA) is 91.8 Å². The fraction of sp³-hybridized carbons (Fsp3) is 1.00. The molecule has 2 aliphatic heterocycles. The van der Waals surface area contributed by atoms with E-state index in [1.54, 1.807) is 0 Å². The fourth-order valence-corrected chi connectivity index (χ4v) is 7.11. The van der Waals surface area contributed by atoms with Crippen LogP contribution in [0, 0.1) is 5.92 Å². The average molecular weight is 297 g/mol. The molecule has 0 aliphatic carbocycles. The van der Waals surface area contributed by atoms with Crippen molar-refractivity contribution in [2.45, 2.75) is 24.5 Å². The van der Waals surface area contributed by atoms with Crippen molar-refractivity contribution in [1.29, 1.82) is 0 Å². The van der Waals surface area contributed by atoms with Gasteiger partial charge in [-0.05, 0) is 25.2 Å². The highest BCUT2D eigenvalue weighted by Gasteiger charge is 2.41. The first kappa shape index (κ1) is 14.2. The summed E-state index contributed by atoms with van der Waals surface area (Å²) >= 11 is 0. The second kappa shape index (κ2) is 5.07. The van der Waals surface area contributed by atoms with E-state index >= 15 is 0 Å². The lowest BCUT2D eigenvalue weighted by atomic mass is 10.00. The summed E-state index contributed by atoms with van der Waals surface area (Å²) in [6.45, 7) is 0.875. The van der Waals surface area contributed by atoms with E-state index in [1.165, 1.54) is 4.31 Å². The van der Waals surface area contributed by atoms with Gasteiger partial charge in [-0.1, -0.05) is 0 Å². The lowest BCUT2D eigenvalue weighted by molar-refractivity contribution is 0.169. The standard InChI is InChI=1S/C10H19NO5S2/c12-7-9-1-4-11(5-2-9)18(15,16)10-3-6-17(13,14)8-10/h9-10,12H,1-8H2. The molecular formula is C10H19NO5S2. The zero-order valence-corrected chi connectivity index (χ0v) is 11.8. The molecule has 0 bridgehead atoms. The lowest BCUT2D eigenvalue weighted by Crippen LogP contribution is -2.44. The Morgan fingerprint density at radius 2 is 1.78 bits per heavy atom. The molecule has 18 heavy (non-hydrogen) atoms. The molecule has 2 aliphatic rings. The fourth-order valence-electron chi connectivity index (χ4n) is 2.55. The van der Waals surface area contributed by atoms with Gasteiger partial charge in [-0.25, -0.2) is 21.1 Å². The Balaban J connectivity index is 2.04. The molecule has 0 aromatic rings. The maximum atomic E-state index is 12.3. The molecule has 6 nitrogen and oxygen atoms in total. The second-order valence-corrected chi connectivity index (χ2v) is 9.54. The van der Waals surface area contributed by atoms with Gasteiger partial charge in [0.1, 0.15) is 0 Å². The van der Waals surface area contributed by atoms with E-state index in [-0.39, 0.29) is 30.5 Å². The molecule has 1 N–H and O–H groups in total. The molecule has 2 saturated heterocycles. The molecule has 0 aromatic carbocycles. The van der Waals surface area contributed by atoms with E-state index in [4.69, 9.17) is 5.11 Å². The molecule has 2 fully saturated rings. The van der Waals surface area contributed by atoms with Crippen LogP contribution in [0.3, 0.4) is 0 Å². The number of hydrogen-bond acceptors (Lipinski definition) is 5. The second-order valence-electron chi connectivity index (χ2n) is 5.09. The van der Waals surface area contributed by atoms with Crippen LogP contribution in [0.2, 0.25) is 0 Å². The first-order valence-corrected chi connectivity index (χ1v) is 9.48. The molecule has 1 unspecified atom stereocenters. The van der Waals surface area contributed by atoms with Gasteiger partial charge in [0, 0.05) is 19.7 Å². The molecule has 1 atom stereocenters. The highest BCUT2D eigenvalue weighted by atomic mass is 32.2. The summed E-state index contributed by atoms with van der Waals surface area (Å²) in [5, 5.41) is 8.24. The number of sulfonamides is 1. The van der Waals surface area contributed by atoms with Gasteiger partial charge < -0.3 is 5.11 Å². The Bertz CT molecular complexity index is 490. The van der Waals surface area contributed by atoms with Crippen LogP contribution in [0.4, 0.5) is 0 Å². The minimum atomic E-state index is -3.49. The summed E-state index contributed by atoms with van der Waals surface area (Å²) in [7, 11) is -6.67. The van der Waals surface area contributed by atoms with Crippen molar-refractivity contribution in [2.75, 3.05) is 31.2 Å². The number of rotatable bonds is 3. The Morgan fingerprint density at radius 3 is 2.22 bits per heavy atom. The van der Waals surface area contributed by atoms with Crippen LogP contribution in [-0.4, -0.2) is 62.7 Å². The van der Waals surface area contributed by atoms with Gasteiger partial charge in [-0.15, -0.1) is 0 Å². The quantitative estimate of drug-likeness (QED) is 0.737. The van der Waals surface area contributed by atoms with Gasteiger partial charge in [-0.3, -0.25) is 0 Å². The van der Waals surface area contributed by atoms with E-state index in [0.29, 0.717) is 25.9 Å². The van der Waals surface area contributed by atoms with Crippen molar-refractivity contribution in [3.8, 4) is 0 Å². The van der Waals surface area contributed by atoms with Crippen LogP contribution < -0.4 is 0 Å². The minimum absolute atomic E-state index is 0.0238. The Kier molecular flexibility index (Phi) is 4.01. The predicted octanol–water partition coefficient (Wildman–Crippen LogP) is -0.792. The monoisotopic (exact) mass is 297 g/mol. The maximum Gasteiger partial charge on any atom is 0.218 e. The average Bonchev–Trinajstić information content (AvgIpc) is 2.70. The van der Waals surface area contributed by atoms with E-state index < -0.39 is 25.1 Å². The third kappa shape index (κ3) is 2.87. The Morgan fingerprint density at radius 1 is 1.17 bits per heavy atom. The molecule has 0 saturated carbocycles. The number of sulfone groups is 1. The van der Waals surface area contributed by atoms with Gasteiger partial charge in [0.05, 0.1) is 16.8 Å². The minimum Gasteiger partial charge on any atom is -0.396 e. The Labute approximate surface area is 108 Å². The van der Waals surface area contributed by atoms with E-state index in [9.17, 15) is 16.8 Å². The summed E-state index contributed by atoms with van der Waals surface area (Å²) in [5.74, 6) is -0.0945. The van der Waals surface area contributed by atoms with Crippen molar-refractivity contribution in [2.24, 2.45) is 5.92 Å². The zero-order chi connectivity index (χ0) is 13.4. The van der Waals surface area contributed by atoms with Gasteiger partial charge >= 0.3 is 0 Å². The number of aliphatic hydroxyl groups excluding tert-OH is 1. The van der Waals surface area contributed by atoms with Crippen molar-refractivity contribution >= 4 is 19.9 Å². The van der Waals surface area contributed by atoms with Gasteiger partial charge in [0.25, 0.3) is 0 Å². The number of nitrogens with zero attached hydrogens (tertiary/aromatic N) is 1. The maximum absolute atomic E-state index is 12.3. The first-order chi connectivity index (χ1) is 8.35. The molecule has 8 heteroatoms. The summed E-state index contributed by atoms with van der Waals surface area (Å²) in [6.07, 6.45) is 1.51. The molecule has 106 valence electrons. The van der Waals surface area contributed by atoms with E-state index in [0.717, 1.165) is 0 Å². The number of piperidine rings is 1. The van der Waals surface area contributed by atoms with Crippen molar-refractivity contribution in [3.63, 3.8) is 0 Å². The zero-order valence-electron chi connectivity index (χ0n) is 10.2. The third-order valence-electron chi connectivity index (χ3n) is 3.80. The van der Waals surface area contributed by atoms with Crippen molar-refractivity contribution < 1.29 is 21.9 Å². The van der Waals surface area contributed by atoms with Crippen molar-refractivity contribution in [3.05, 3.63) is 0 Å². The summed E-state index contributed by atoms with van der Waals surface area (Å²) in [4.78, 5) is 0. The van der Waals surface area contributed by atoms with E-state index in [2.05, 4.69) is 0 Å². The van der Waals surface area contributed by atoms with Gasteiger partial charge in [-0.2, -0.15) is 0 Å². The van der Waals surface area contributed by atoms with Crippen molar-refractivity contribution in [1.82, 2.24) is 4.31 Å². The molecule has 0 amide bonds. The molecular weight excluding hydrogens is 278 g/mol. The normalized spacial score (nSPS) is 30.6. The van der Waals surface area contributed by atoms with Crippen LogP contribution in [0.15, 0.2) is 0 Å². The lowest BCUT2D eigenvalue weighted by Gasteiger charge is -2.31. The smallest absolute Gasteiger partial charge is 0.218 e. The summed E-state index contributed by atoms with van der Waals surface area (Å²) in [6, 6.07) is 0. The molecule has 0 radical (unpaired) electrons. The molecule has 2 heterocycles. The van der Waals surface area contributed by atoms with Crippen LogP contribution in [0.1, 0.15) is 19.3 Å². The third-order valence-corrected chi connectivity index (χ3v) is 8.11. The summed E-state index contributed by atoms with van der Waals surface area (Å²) < 4.78 is 48.6. The molecule has 0 spiro atoms. The van der Waals surface area contributed by atoms with E-state index in [1.807, 2.05) is 0 Å². The molecule has 2 rings (SSSR count). The highest BCUT2D eigenvalue weighted by Crippen LogP contribution is 2.26. The van der Waals surface area contributed by atoms with Gasteiger partial charge in [0.15, 0.2) is 9.84 Å². The number of aliphatic hydroxyl groups is 1. The Hall–Kier alpha value is -0.180. The first-order valence-electron chi connectivity index (χ1n) is 6.15. The number of hydrogen-bond donors (Lipinski definition) is 1. The summed E-state index contributed by atoms with van der Waals surface area (Å²) in [5.41, 5.74) is 0. The van der Waals surface area contributed by atoms with Gasteiger partial charge in [0.2, 0.25) is 10.0 Å². The molecule has 0 aromatic heterocycles. The predicted molar refractivity (Wildman–Crippen MR) is 67.4 cm³/mol. The van der Waals surface area contributed by atoms with Crippen LogP contribution in [-0.2, 0) is 19.9 Å². The highest BCUT2D eigenvalue weighted by molar-refractivity contribution is 7.95. The van der Waals surface area contributed by atoms with Crippen LogP contribution in [0.5, 0.6) is 0 Å². The largest absolute Gasteiger partial charge is 0.396 e.